The molecule has 1 N–H and O–H groups in total. The first-order valence-corrected chi connectivity index (χ1v) is 7.95. The van der Waals surface area contributed by atoms with E-state index < -0.39 is 0 Å². The Balaban J connectivity index is 1.76. The molecule has 0 spiro atoms. The summed E-state index contributed by atoms with van der Waals surface area (Å²) in [4.78, 5) is 0. The zero-order valence-corrected chi connectivity index (χ0v) is 12.9. The van der Waals surface area contributed by atoms with Crippen LogP contribution in [-0.2, 0) is 0 Å². The van der Waals surface area contributed by atoms with Crippen LogP contribution < -0.4 is 5.32 Å². The first-order valence-electron chi connectivity index (χ1n) is 7.95. The summed E-state index contributed by atoms with van der Waals surface area (Å²) in [7, 11) is 0. The van der Waals surface area contributed by atoms with Gasteiger partial charge in [-0.15, -0.1) is 10.2 Å². The number of nitrogens with zero attached hydrogens (tertiary/aromatic N) is 3. The third-order valence-corrected chi connectivity index (χ3v) is 4.59. The summed E-state index contributed by atoms with van der Waals surface area (Å²) >= 11 is 0. The summed E-state index contributed by atoms with van der Waals surface area (Å²) < 4.78 is 1.94. The van der Waals surface area contributed by atoms with Gasteiger partial charge in [-0.3, -0.25) is 4.57 Å². The highest BCUT2D eigenvalue weighted by Crippen LogP contribution is 2.32. The fourth-order valence-corrected chi connectivity index (χ4v) is 3.44. The number of anilines is 1. The van der Waals surface area contributed by atoms with Crippen molar-refractivity contribution in [1.29, 1.82) is 0 Å². The zero-order valence-electron chi connectivity index (χ0n) is 12.9. The molecule has 4 nitrogen and oxygen atoms in total. The molecule has 0 aliphatic heterocycles. The number of rotatable bonds is 4. The molecular formula is C17H24N4. The highest BCUT2D eigenvalue weighted by atomic mass is 15.2. The van der Waals surface area contributed by atoms with E-state index >= 15 is 0 Å². The van der Waals surface area contributed by atoms with Crippen LogP contribution in [0.3, 0.4) is 0 Å². The summed E-state index contributed by atoms with van der Waals surface area (Å²) in [5.41, 5.74) is 2.29. The summed E-state index contributed by atoms with van der Waals surface area (Å²) in [6.07, 6.45) is 8.81. The molecule has 2 aromatic rings. The maximum Gasteiger partial charge on any atom is 0.123 e. The van der Waals surface area contributed by atoms with Gasteiger partial charge < -0.3 is 5.32 Å². The number of nitrogens with one attached hydrogen (secondary N) is 1. The Bertz CT molecular complexity index is 562. The summed E-state index contributed by atoms with van der Waals surface area (Å²) in [6.45, 7) is 4.69. The van der Waals surface area contributed by atoms with Gasteiger partial charge in [-0.1, -0.05) is 32.8 Å². The Labute approximate surface area is 126 Å². The minimum atomic E-state index is 0.593. The molecule has 0 bridgehead atoms. The van der Waals surface area contributed by atoms with E-state index in [0.29, 0.717) is 6.04 Å². The predicted molar refractivity (Wildman–Crippen MR) is 85.6 cm³/mol. The molecule has 1 aliphatic rings. The van der Waals surface area contributed by atoms with E-state index in [2.05, 4.69) is 53.6 Å². The Morgan fingerprint density at radius 2 is 1.90 bits per heavy atom. The van der Waals surface area contributed by atoms with E-state index in [-0.39, 0.29) is 0 Å². The van der Waals surface area contributed by atoms with Crippen molar-refractivity contribution in [2.75, 3.05) is 5.32 Å². The fraction of sp³-hybridized carbons (Fsp3) is 0.529. The van der Waals surface area contributed by atoms with Crippen LogP contribution in [0.25, 0.3) is 5.69 Å². The van der Waals surface area contributed by atoms with E-state index in [4.69, 9.17) is 0 Å². The molecule has 1 aromatic heterocycles. The lowest BCUT2D eigenvalue weighted by atomic mass is 9.78. The summed E-state index contributed by atoms with van der Waals surface area (Å²) in [5, 5.41) is 11.5. The first-order chi connectivity index (χ1) is 10.2. The molecule has 0 radical (unpaired) electrons. The SMILES string of the molecule is CC(C)C1CCCCC1Nc1cccc(-n2cnnc2)c1. The van der Waals surface area contributed by atoms with Crippen molar-refractivity contribution in [3.63, 3.8) is 0 Å². The van der Waals surface area contributed by atoms with Crippen molar-refractivity contribution in [1.82, 2.24) is 14.8 Å². The summed E-state index contributed by atoms with van der Waals surface area (Å²) in [6, 6.07) is 9.09. The Hall–Kier alpha value is -1.84. The second-order valence-corrected chi connectivity index (χ2v) is 6.36. The minimum absolute atomic E-state index is 0.593. The highest BCUT2D eigenvalue weighted by Gasteiger charge is 2.27. The molecule has 1 saturated carbocycles. The Morgan fingerprint density at radius 3 is 2.67 bits per heavy atom. The van der Waals surface area contributed by atoms with Crippen molar-refractivity contribution >= 4 is 5.69 Å². The normalized spacial score (nSPS) is 22.4. The lowest BCUT2D eigenvalue weighted by molar-refractivity contribution is 0.254. The maximum absolute atomic E-state index is 3.87. The first kappa shape index (κ1) is 14.1. The average Bonchev–Trinajstić information content (AvgIpc) is 3.02. The monoisotopic (exact) mass is 284 g/mol. The number of aromatic nitrogens is 3. The predicted octanol–water partition coefficient (Wildman–Crippen LogP) is 3.89. The standard InChI is InChI=1S/C17H24N4/c1-13(2)16-8-3-4-9-17(16)20-14-6-5-7-15(10-14)21-11-18-19-12-21/h5-7,10-13,16-17,20H,3-4,8-9H2,1-2H3. The van der Waals surface area contributed by atoms with Crippen LogP contribution >= 0.6 is 0 Å². The van der Waals surface area contributed by atoms with Gasteiger partial charge in [0.05, 0.1) is 5.69 Å². The Morgan fingerprint density at radius 1 is 1.14 bits per heavy atom. The molecule has 0 amide bonds. The maximum atomic E-state index is 3.87. The minimum Gasteiger partial charge on any atom is -0.382 e. The molecule has 4 heteroatoms. The second-order valence-electron chi connectivity index (χ2n) is 6.36. The second kappa shape index (κ2) is 6.29. The molecule has 3 rings (SSSR count). The van der Waals surface area contributed by atoms with Crippen molar-refractivity contribution < 1.29 is 0 Å². The molecule has 1 aliphatic carbocycles. The van der Waals surface area contributed by atoms with Crippen molar-refractivity contribution in [2.45, 2.75) is 45.6 Å². The van der Waals surface area contributed by atoms with Crippen LogP contribution in [-0.4, -0.2) is 20.8 Å². The molecule has 0 saturated heterocycles. The highest BCUT2D eigenvalue weighted by molar-refractivity contribution is 5.51. The molecule has 1 heterocycles. The van der Waals surface area contributed by atoms with Crippen LogP contribution in [0, 0.1) is 11.8 Å². The van der Waals surface area contributed by atoms with Crippen molar-refractivity contribution in [2.24, 2.45) is 11.8 Å². The molecule has 2 atom stereocenters. The average molecular weight is 284 g/mol. The van der Waals surface area contributed by atoms with Crippen molar-refractivity contribution in [3.8, 4) is 5.69 Å². The van der Waals surface area contributed by atoms with E-state index in [9.17, 15) is 0 Å². The largest absolute Gasteiger partial charge is 0.382 e. The Kier molecular flexibility index (Phi) is 4.23. The van der Waals surface area contributed by atoms with E-state index in [1.54, 1.807) is 12.7 Å². The van der Waals surface area contributed by atoms with Crippen LogP contribution in [0.2, 0.25) is 0 Å². The van der Waals surface area contributed by atoms with Gasteiger partial charge in [0.25, 0.3) is 0 Å². The smallest absolute Gasteiger partial charge is 0.123 e. The van der Waals surface area contributed by atoms with E-state index in [1.807, 2.05) is 4.57 Å². The topological polar surface area (TPSA) is 42.7 Å². The van der Waals surface area contributed by atoms with Gasteiger partial charge in [0.2, 0.25) is 0 Å². The molecule has 21 heavy (non-hydrogen) atoms. The molecule has 112 valence electrons. The molecule has 2 unspecified atom stereocenters. The quantitative estimate of drug-likeness (QED) is 0.926. The van der Waals surface area contributed by atoms with Crippen LogP contribution in [0.5, 0.6) is 0 Å². The summed E-state index contributed by atoms with van der Waals surface area (Å²) in [5.74, 6) is 1.51. The van der Waals surface area contributed by atoms with Gasteiger partial charge in [-0.05, 0) is 42.9 Å². The van der Waals surface area contributed by atoms with Gasteiger partial charge in [0, 0.05) is 11.7 Å². The van der Waals surface area contributed by atoms with Gasteiger partial charge in [-0.25, -0.2) is 0 Å². The number of hydrogen-bond donors (Lipinski definition) is 1. The van der Waals surface area contributed by atoms with Crippen LogP contribution in [0.1, 0.15) is 39.5 Å². The van der Waals surface area contributed by atoms with Gasteiger partial charge >= 0.3 is 0 Å². The van der Waals surface area contributed by atoms with Crippen LogP contribution in [0.15, 0.2) is 36.9 Å². The third-order valence-electron chi connectivity index (χ3n) is 4.59. The third kappa shape index (κ3) is 3.26. The van der Waals surface area contributed by atoms with Gasteiger partial charge in [0.15, 0.2) is 0 Å². The lowest BCUT2D eigenvalue weighted by Crippen LogP contribution is -2.35. The van der Waals surface area contributed by atoms with E-state index in [1.165, 1.54) is 31.4 Å². The number of hydrogen-bond acceptors (Lipinski definition) is 3. The lowest BCUT2D eigenvalue weighted by Gasteiger charge is -2.35. The molecule has 1 aromatic carbocycles. The van der Waals surface area contributed by atoms with E-state index in [0.717, 1.165) is 17.5 Å². The van der Waals surface area contributed by atoms with Gasteiger partial charge in [-0.2, -0.15) is 0 Å². The molecule has 1 fully saturated rings. The molecular weight excluding hydrogens is 260 g/mol. The fourth-order valence-electron chi connectivity index (χ4n) is 3.44. The van der Waals surface area contributed by atoms with Crippen molar-refractivity contribution in [3.05, 3.63) is 36.9 Å². The zero-order chi connectivity index (χ0) is 14.7. The van der Waals surface area contributed by atoms with Crippen LogP contribution in [0.4, 0.5) is 5.69 Å². The van der Waals surface area contributed by atoms with Gasteiger partial charge in [0.1, 0.15) is 12.7 Å². The number of benzene rings is 1.